The lowest BCUT2D eigenvalue weighted by Gasteiger charge is -2.22. The minimum atomic E-state index is -0.508. The summed E-state index contributed by atoms with van der Waals surface area (Å²) in [6.45, 7) is 1.84. The fraction of sp³-hybridized carbons (Fsp3) is 0.308. The number of rotatable bonds is 6. The maximum absolute atomic E-state index is 13.4. The molecule has 2 aromatic heterocycles. The smallest absolute Gasteiger partial charge is 0.269 e. The first kappa shape index (κ1) is 23.1. The van der Waals surface area contributed by atoms with Gasteiger partial charge in [0.25, 0.3) is 11.5 Å². The number of methoxy groups -OCH3 is 1. The maximum atomic E-state index is 13.4. The average Bonchev–Trinajstić information content (AvgIpc) is 2.85. The molecule has 2 heterocycles. The molecule has 0 bridgehead atoms. The molecule has 4 rings (SSSR count). The lowest BCUT2D eigenvalue weighted by atomic mass is 9.95. The molecule has 1 N–H and O–H groups in total. The molecule has 3 aromatic rings. The number of carbonyl (C=O) groups excluding carboxylic acids is 1. The van der Waals surface area contributed by atoms with Crippen LogP contribution in [0.5, 0.6) is 17.4 Å². The summed E-state index contributed by atoms with van der Waals surface area (Å²) in [4.78, 5) is 30.9. The lowest BCUT2D eigenvalue weighted by Crippen LogP contribution is -2.36. The molecule has 0 saturated heterocycles. The SMILES string of the molecule is COc1ccccc1Oc1nc2c(C)cccn2c(=O)c1/C=C(\C#N)C(=O)NC1CCCCC1. The summed E-state index contributed by atoms with van der Waals surface area (Å²) < 4.78 is 12.8. The van der Waals surface area contributed by atoms with Gasteiger partial charge >= 0.3 is 0 Å². The van der Waals surface area contributed by atoms with Gasteiger partial charge in [0.2, 0.25) is 5.88 Å². The molecule has 174 valence electrons. The number of carbonyl (C=O) groups is 1. The number of ether oxygens (including phenoxy) is 2. The van der Waals surface area contributed by atoms with E-state index in [0.29, 0.717) is 17.1 Å². The van der Waals surface area contributed by atoms with Crippen LogP contribution in [0.3, 0.4) is 0 Å². The molecular formula is C26H26N4O4. The van der Waals surface area contributed by atoms with Gasteiger partial charge in [-0.2, -0.15) is 10.2 Å². The first-order chi connectivity index (χ1) is 16.5. The number of amides is 1. The van der Waals surface area contributed by atoms with Crippen LogP contribution < -0.4 is 20.3 Å². The molecule has 1 amide bonds. The molecule has 8 heteroatoms. The molecule has 0 atom stereocenters. The zero-order valence-electron chi connectivity index (χ0n) is 19.2. The molecule has 34 heavy (non-hydrogen) atoms. The monoisotopic (exact) mass is 458 g/mol. The summed E-state index contributed by atoms with van der Waals surface area (Å²) in [6, 6.07) is 12.5. The predicted molar refractivity (Wildman–Crippen MR) is 128 cm³/mol. The van der Waals surface area contributed by atoms with Gasteiger partial charge in [0.15, 0.2) is 11.5 Å². The van der Waals surface area contributed by atoms with Crippen molar-refractivity contribution in [2.45, 2.75) is 45.1 Å². The third-order valence-electron chi connectivity index (χ3n) is 5.92. The van der Waals surface area contributed by atoms with E-state index in [2.05, 4.69) is 10.3 Å². The Labute approximate surface area is 197 Å². The van der Waals surface area contributed by atoms with Crippen LogP contribution in [0.25, 0.3) is 11.7 Å². The highest BCUT2D eigenvalue weighted by Crippen LogP contribution is 2.32. The Morgan fingerprint density at radius 3 is 2.62 bits per heavy atom. The van der Waals surface area contributed by atoms with E-state index in [9.17, 15) is 14.9 Å². The number of nitrogens with zero attached hydrogens (tertiary/aromatic N) is 3. The van der Waals surface area contributed by atoms with Crippen molar-refractivity contribution in [1.82, 2.24) is 14.7 Å². The number of para-hydroxylation sites is 2. The standard InChI is InChI=1S/C26H26N4O4/c1-17-9-8-14-30-23(17)29-25(34-22-13-7-6-12-21(22)33-2)20(26(30)32)15-18(16-27)24(31)28-19-10-4-3-5-11-19/h6-9,12-15,19H,3-5,10-11H2,1-2H3,(H,28,31)/b18-15+. The minimum Gasteiger partial charge on any atom is -0.493 e. The molecule has 1 saturated carbocycles. The average molecular weight is 459 g/mol. The van der Waals surface area contributed by atoms with Gasteiger partial charge in [0, 0.05) is 12.2 Å². The molecule has 0 unspecified atom stereocenters. The van der Waals surface area contributed by atoms with Crippen LogP contribution in [-0.4, -0.2) is 28.4 Å². The van der Waals surface area contributed by atoms with Crippen molar-refractivity contribution >= 4 is 17.6 Å². The highest BCUT2D eigenvalue weighted by Gasteiger charge is 2.21. The first-order valence-electron chi connectivity index (χ1n) is 11.3. The van der Waals surface area contributed by atoms with E-state index in [-0.39, 0.29) is 23.1 Å². The van der Waals surface area contributed by atoms with Gasteiger partial charge in [-0.05, 0) is 49.6 Å². The van der Waals surface area contributed by atoms with E-state index in [4.69, 9.17) is 9.47 Å². The number of hydrogen-bond donors (Lipinski definition) is 1. The zero-order chi connectivity index (χ0) is 24.1. The number of hydrogen-bond acceptors (Lipinski definition) is 6. The molecule has 0 radical (unpaired) electrons. The van der Waals surface area contributed by atoms with Gasteiger partial charge in [-0.15, -0.1) is 0 Å². The number of fused-ring (bicyclic) bond motifs is 1. The van der Waals surface area contributed by atoms with Crippen LogP contribution in [0.4, 0.5) is 0 Å². The molecule has 1 aliphatic rings. The Hall–Kier alpha value is -4.12. The third-order valence-corrected chi connectivity index (χ3v) is 5.92. The van der Waals surface area contributed by atoms with Gasteiger partial charge in [-0.25, -0.2) is 0 Å². The molecule has 0 spiro atoms. The van der Waals surface area contributed by atoms with E-state index in [1.165, 1.54) is 17.6 Å². The van der Waals surface area contributed by atoms with Gasteiger partial charge in [0.1, 0.15) is 22.9 Å². The summed E-state index contributed by atoms with van der Waals surface area (Å²) >= 11 is 0. The molecule has 1 aromatic carbocycles. The van der Waals surface area contributed by atoms with E-state index in [0.717, 1.165) is 37.7 Å². The number of nitrogens with one attached hydrogen (secondary N) is 1. The van der Waals surface area contributed by atoms with Crippen molar-refractivity contribution in [2.24, 2.45) is 0 Å². The summed E-state index contributed by atoms with van der Waals surface area (Å²) in [6.07, 6.45) is 7.85. The Morgan fingerprint density at radius 2 is 1.91 bits per heavy atom. The first-order valence-corrected chi connectivity index (χ1v) is 11.3. The Kier molecular flexibility index (Phi) is 6.93. The van der Waals surface area contributed by atoms with Gasteiger partial charge in [0.05, 0.1) is 7.11 Å². The van der Waals surface area contributed by atoms with Crippen molar-refractivity contribution in [3.05, 3.63) is 69.6 Å². The van der Waals surface area contributed by atoms with Crippen LogP contribution in [-0.2, 0) is 4.79 Å². The fourth-order valence-electron chi connectivity index (χ4n) is 4.10. The number of benzene rings is 1. The second-order valence-electron chi connectivity index (χ2n) is 8.25. The van der Waals surface area contributed by atoms with Crippen LogP contribution in [0.2, 0.25) is 0 Å². The van der Waals surface area contributed by atoms with Crippen molar-refractivity contribution in [1.29, 1.82) is 5.26 Å². The maximum Gasteiger partial charge on any atom is 0.269 e. The highest BCUT2D eigenvalue weighted by molar-refractivity contribution is 6.02. The second kappa shape index (κ2) is 10.2. The van der Waals surface area contributed by atoms with Crippen molar-refractivity contribution in [3.8, 4) is 23.4 Å². The lowest BCUT2D eigenvalue weighted by molar-refractivity contribution is -0.117. The number of aryl methyl sites for hydroxylation is 1. The molecule has 1 fully saturated rings. The van der Waals surface area contributed by atoms with E-state index >= 15 is 0 Å². The normalized spacial score (nSPS) is 14.4. The summed E-state index contributed by atoms with van der Waals surface area (Å²) in [5, 5.41) is 12.7. The number of aromatic nitrogens is 2. The topological polar surface area (TPSA) is 106 Å². The molecule has 0 aliphatic heterocycles. The van der Waals surface area contributed by atoms with Crippen molar-refractivity contribution in [2.75, 3.05) is 7.11 Å². The fourth-order valence-corrected chi connectivity index (χ4v) is 4.10. The minimum absolute atomic E-state index is 0.00403. The highest BCUT2D eigenvalue weighted by atomic mass is 16.5. The quantitative estimate of drug-likeness (QED) is 0.439. The third kappa shape index (κ3) is 4.79. The van der Waals surface area contributed by atoms with Crippen molar-refractivity contribution < 1.29 is 14.3 Å². The second-order valence-corrected chi connectivity index (χ2v) is 8.25. The van der Waals surface area contributed by atoms with Crippen LogP contribution in [0, 0.1) is 18.3 Å². The summed E-state index contributed by atoms with van der Waals surface area (Å²) in [5.41, 5.74) is 0.568. The number of nitriles is 1. The van der Waals surface area contributed by atoms with Crippen LogP contribution >= 0.6 is 0 Å². The van der Waals surface area contributed by atoms with Crippen LogP contribution in [0.15, 0.2) is 53.0 Å². The van der Waals surface area contributed by atoms with Gasteiger partial charge < -0.3 is 14.8 Å². The van der Waals surface area contributed by atoms with E-state index in [1.54, 1.807) is 36.5 Å². The van der Waals surface area contributed by atoms with Crippen LogP contribution in [0.1, 0.15) is 43.2 Å². The molecular weight excluding hydrogens is 432 g/mol. The molecule has 8 nitrogen and oxygen atoms in total. The summed E-state index contributed by atoms with van der Waals surface area (Å²) in [7, 11) is 1.51. The number of pyridine rings is 1. The summed E-state index contributed by atoms with van der Waals surface area (Å²) in [5.74, 6) is 0.294. The van der Waals surface area contributed by atoms with E-state index in [1.807, 2.05) is 19.1 Å². The van der Waals surface area contributed by atoms with E-state index < -0.39 is 11.5 Å². The molecule has 1 aliphatic carbocycles. The Balaban J connectivity index is 1.81. The Morgan fingerprint density at radius 1 is 1.18 bits per heavy atom. The largest absolute Gasteiger partial charge is 0.493 e. The predicted octanol–water partition coefficient (Wildman–Crippen LogP) is 4.16. The van der Waals surface area contributed by atoms with Gasteiger partial charge in [-0.3, -0.25) is 14.0 Å². The van der Waals surface area contributed by atoms with Gasteiger partial charge in [-0.1, -0.05) is 37.5 Å². The van der Waals surface area contributed by atoms with Crippen molar-refractivity contribution in [3.63, 3.8) is 0 Å². The Bertz CT molecular complexity index is 1350. The zero-order valence-corrected chi connectivity index (χ0v) is 19.2.